The molecule has 0 bridgehead atoms. The molecule has 4 nitrogen and oxygen atoms in total. The molecule has 1 rings (SSSR count). The minimum Gasteiger partial charge on any atom is -0.388 e. The molecule has 2 N–H and O–H groups in total. The maximum atomic E-state index is 10.3. The second-order valence-corrected chi connectivity index (χ2v) is 6.71. The molecule has 4 atom stereocenters. The van der Waals surface area contributed by atoms with Crippen LogP contribution in [0.2, 0.25) is 0 Å². The van der Waals surface area contributed by atoms with Crippen LogP contribution >= 0.6 is 0 Å². The number of nitrogens with one attached hydrogen (secondary N) is 1. The van der Waals surface area contributed by atoms with Crippen molar-refractivity contribution < 1.29 is 9.84 Å². The SMILES string of the molecule is CCOC1CC(NCC(C)(O)CN(C)C)C1(C)CC. The molecule has 0 saturated heterocycles. The molecule has 0 aromatic heterocycles. The molecule has 1 saturated carbocycles. The fourth-order valence-electron chi connectivity index (χ4n) is 3.15. The van der Waals surface area contributed by atoms with Crippen LogP contribution in [0.1, 0.15) is 40.5 Å². The maximum absolute atomic E-state index is 10.3. The highest BCUT2D eigenvalue weighted by Gasteiger charge is 2.51. The zero-order valence-corrected chi connectivity index (χ0v) is 13.5. The van der Waals surface area contributed by atoms with Crippen molar-refractivity contribution >= 4 is 0 Å². The van der Waals surface area contributed by atoms with Crippen LogP contribution in [0, 0.1) is 5.41 Å². The third-order valence-corrected chi connectivity index (χ3v) is 4.50. The molecule has 0 aliphatic heterocycles. The summed E-state index contributed by atoms with van der Waals surface area (Å²) in [6, 6.07) is 0.447. The zero-order valence-electron chi connectivity index (χ0n) is 13.5. The topological polar surface area (TPSA) is 44.7 Å². The molecule has 0 heterocycles. The van der Waals surface area contributed by atoms with E-state index < -0.39 is 5.60 Å². The lowest BCUT2D eigenvalue weighted by Crippen LogP contribution is -2.64. The van der Waals surface area contributed by atoms with Gasteiger partial charge < -0.3 is 20.1 Å². The molecule has 114 valence electrons. The van der Waals surface area contributed by atoms with Crippen LogP contribution in [0.25, 0.3) is 0 Å². The number of likely N-dealkylation sites (N-methyl/N-ethyl adjacent to an activating group) is 1. The van der Waals surface area contributed by atoms with Crippen molar-refractivity contribution in [1.82, 2.24) is 10.2 Å². The number of hydrogen-bond donors (Lipinski definition) is 2. The highest BCUT2D eigenvalue weighted by molar-refractivity contribution is 5.05. The van der Waals surface area contributed by atoms with Crippen molar-refractivity contribution in [3.05, 3.63) is 0 Å². The third kappa shape index (κ3) is 4.15. The Hall–Kier alpha value is -0.160. The van der Waals surface area contributed by atoms with Gasteiger partial charge in [-0.25, -0.2) is 0 Å². The summed E-state index contributed by atoms with van der Waals surface area (Å²) in [5.74, 6) is 0. The first-order valence-corrected chi connectivity index (χ1v) is 7.47. The second kappa shape index (κ2) is 6.53. The summed E-state index contributed by atoms with van der Waals surface area (Å²) in [4.78, 5) is 2.02. The van der Waals surface area contributed by atoms with Gasteiger partial charge in [0.1, 0.15) is 0 Å². The van der Waals surface area contributed by atoms with Crippen molar-refractivity contribution in [3.63, 3.8) is 0 Å². The first-order valence-electron chi connectivity index (χ1n) is 7.47. The maximum Gasteiger partial charge on any atom is 0.0869 e. The van der Waals surface area contributed by atoms with E-state index >= 15 is 0 Å². The first kappa shape index (κ1) is 16.9. The van der Waals surface area contributed by atoms with Crippen LogP contribution in [-0.4, -0.2) is 61.5 Å². The van der Waals surface area contributed by atoms with Gasteiger partial charge in [0.15, 0.2) is 0 Å². The van der Waals surface area contributed by atoms with Gasteiger partial charge in [-0.3, -0.25) is 0 Å². The second-order valence-electron chi connectivity index (χ2n) is 6.71. The van der Waals surface area contributed by atoms with E-state index in [0.717, 1.165) is 19.4 Å². The Morgan fingerprint density at radius 2 is 2.05 bits per heavy atom. The minimum absolute atomic E-state index is 0.199. The standard InChI is InChI=1S/C15H32N2O2/c1-7-15(4)12(9-13(15)19-8-2)16-10-14(3,18)11-17(5)6/h12-13,16,18H,7-11H2,1-6H3. The summed E-state index contributed by atoms with van der Waals surface area (Å²) in [7, 11) is 3.97. The van der Waals surface area contributed by atoms with Crippen LogP contribution in [0.4, 0.5) is 0 Å². The van der Waals surface area contributed by atoms with E-state index in [2.05, 4.69) is 26.1 Å². The van der Waals surface area contributed by atoms with E-state index in [-0.39, 0.29) is 5.41 Å². The van der Waals surface area contributed by atoms with Crippen molar-refractivity contribution in [1.29, 1.82) is 0 Å². The third-order valence-electron chi connectivity index (χ3n) is 4.50. The lowest BCUT2D eigenvalue weighted by atomic mass is 9.61. The molecular formula is C15H32N2O2. The molecule has 0 radical (unpaired) electrons. The molecule has 1 aliphatic carbocycles. The summed E-state index contributed by atoms with van der Waals surface area (Å²) < 4.78 is 5.80. The van der Waals surface area contributed by atoms with Gasteiger partial charge in [-0.05, 0) is 40.8 Å². The quantitative estimate of drug-likeness (QED) is 0.702. The van der Waals surface area contributed by atoms with Gasteiger partial charge in [-0.15, -0.1) is 0 Å². The number of nitrogens with zero attached hydrogens (tertiary/aromatic N) is 1. The summed E-state index contributed by atoms with van der Waals surface area (Å²) >= 11 is 0. The van der Waals surface area contributed by atoms with E-state index in [1.54, 1.807) is 0 Å². The summed E-state index contributed by atoms with van der Waals surface area (Å²) in [6.07, 6.45) is 2.51. The Kier molecular flexibility index (Phi) is 5.80. The van der Waals surface area contributed by atoms with Crippen LogP contribution in [0.15, 0.2) is 0 Å². The minimum atomic E-state index is -0.686. The molecule has 0 aromatic carbocycles. The van der Waals surface area contributed by atoms with Gasteiger partial charge >= 0.3 is 0 Å². The van der Waals surface area contributed by atoms with Gasteiger partial charge in [-0.1, -0.05) is 13.8 Å². The normalized spacial score (nSPS) is 34.1. The van der Waals surface area contributed by atoms with E-state index in [9.17, 15) is 5.11 Å². The Balaban J connectivity index is 2.46. The highest BCUT2D eigenvalue weighted by Crippen LogP contribution is 2.45. The lowest BCUT2D eigenvalue weighted by molar-refractivity contribution is -0.129. The molecule has 1 aliphatic rings. The Labute approximate surface area is 118 Å². The highest BCUT2D eigenvalue weighted by atomic mass is 16.5. The Morgan fingerprint density at radius 3 is 2.53 bits per heavy atom. The van der Waals surface area contributed by atoms with Crippen molar-refractivity contribution in [2.75, 3.05) is 33.8 Å². The van der Waals surface area contributed by atoms with Crippen molar-refractivity contribution in [2.24, 2.45) is 5.41 Å². The summed E-state index contributed by atoms with van der Waals surface area (Å²) in [5.41, 5.74) is -0.487. The average molecular weight is 272 g/mol. The van der Waals surface area contributed by atoms with Crippen molar-refractivity contribution in [2.45, 2.75) is 58.3 Å². The fourth-order valence-corrected chi connectivity index (χ4v) is 3.15. The molecule has 0 spiro atoms. The van der Waals surface area contributed by atoms with Crippen molar-refractivity contribution in [3.8, 4) is 0 Å². The average Bonchev–Trinajstić information content (AvgIpc) is 2.29. The zero-order chi connectivity index (χ0) is 14.7. The number of ether oxygens (including phenoxy) is 1. The molecular weight excluding hydrogens is 240 g/mol. The molecule has 4 heteroatoms. The summed E-state index contributed by atoms with van der Waals surface area (Å²) in [6.45, 7) is 10.5. The molecule has 4 unspecified atom stereocenters. The molecule has 0 aromatic rings. The Morgan fingerprint density at radius 1 is 1.42 bits per heavy atom. The van der Waals surface area contributed by atoms with Gasteiger partial charge in [0.05, 0.1) is 11.7 Å². The smallest absolute Gasteiger partial charge is 0.0869 e. The Bertz CT molecular complexity index is 281. The monoisotopic (exact) mass is 272 g/mol. The summed E-state index contributed by atoms with van der Waals surface area (Å²) in [5, 5.41) is 13.9. The van der Waals surface area contributed by atoms with Crippen LogP contribution in [0.5, 0.6) is 0 Å². The van der Waals surface area contributed by atoms with Crippen LogP contribution in [-0.2, 0) is 4.74 Å². The van der Waals surface area contributed by atoms with E-state index in [1.807, 2.05) is 25.9 Å². The lowest BCUT2D eigenvalue weighted by Gasteiger charge is -2.54. The predicted octanol–water partition coefficient (Wildman–Crippen LogP) is 1.48. The number of aliphatic hydroxyl groups is 1. The predicted molar refractivity (Wildman–Crippen MR) is 79.4 cm³/mol. The van der Waals surface area contributed by atoms with E-state index in [0.29, 0.717) is 25.2 Å². The van der Waals surface area contributed by atoms with Crippen LogP contribution < -0.4 is 5.32 Å². The van der Waals surface area contributed by atoms with Gasteiger partial charge in [0, 0.05) is 31.2 Å². The first-order chi connectivity index (χ1) is 8.75. The van der Waals surface area contributed by atoms with E-state index in [4.69, 9.17) is 4.74 Å². The van der Waals surface area contributed by atoms with E-state index in [1.165, 1.54) is 0 Å². The van der Waals surface area contributed by atoms with Gasteiger partial charge in [-0.2, -0.15) is 0 Å². The molecule has 0 amide bonds. The number of rotatable bonds is 8. The molecule has 1 fully saturated rings. The number of hydrogen-bond acceptors (Lipinski definition) is 4. The largest absolute Gasteiger partial charge is 0.388 e. The fraction of sp³-hybridized carbons (Fsp3) is 1.00. The van der Waals surface area contributed by atoms with Crippen LogP contribution in [0.3, 0.4) is 0 Å². The van der Waals surface area contributed by atoms with Gasteiger partial charge in [0.2, 0.25) is 0 Å². The molecule has 19 heavy (non-hydrogen) atoms. The van der Waals surface area contributed by atoms with Gasteiger partial charge in [0.25, 0.3) is 0 Å².